The Hall–Kier alpha value is -0.780. The number of ketones is 2. The lowest BCUT2D eigenvalue weighted by atomic mass is 9.93. The number of hydrogen-bond donors (Lipinski definition) is 2. The SMILES string of the molecule is CCCCCCCCCCCCCCCC(=O)CC(O)(C(=O)CCCCCCCCCCCCCCC)N(C)C(C)O. The van der Waals surface area contributed by atoms with Gasteiger partial charge in [-0.2, -0.15) is 0 Å². The number of aliphatic hydroxyl groups is 2. The molecule has 0 bridgehead atoms. The van der Waals surface area contributed by atoms with Crippen LogP contribution < -0.4 is 0 Å². The van der Waals surface area contributed by atoms with E-state index < -0.39 is 12.0 Å². The summed E-state index contributed by atoms with van der Waals surface area (Å²) >= 11 is 0. The Bertz CT molecular complexity index is 623. The monoisotopic (exact) mass is 596 g/mol. The largest absolute Gasteiger partial charge is 0.379 e. The molecular formula is C37H73NO4. The third kappa shape index (κ3) is 22.7. The molecule has 5 heteroatoms. The fourth-order valence-corrected chi connectivity index (χ4v) is 5.94. The minimum atomic E-state index is -1.92. The molecular weight excluding hydrogens is 522 g/mol. The standard InChI is InChI=1S/C37H73NO4/c1-5-7-9-11-13-15-17-19-21-23-25-27-29-31-35(40)33-37(42,38(4)34(3)39)36(41)32-30-28-26-24-22-20-18-16-14-12-10-8-6-2/h34,39,42H,5-33H2,1-4H3. The van der Waals surface area contributed by atoms with Gasteiger partial charge in [0, 0.05) is 12.8 Å². The van der Waals surface area contributed by atoms with Crippen molar-refractivity contribution in [3.63, 3.8) is 0 Å². The van der Waals surface area contributed by atoms with Gasteiger partial charge >= 0.3 is 0 Å². The molecule has 0 saturated heterocycles. The third-order valence-corrected chi connectivity index (χ3v) is 9.10. The van der Waals surface area contributed by atoms with Crippen molar-refractivity contribution in [3.05, 3.63) is 0 Å². The lowest BCUT2D eigenvalue weighted by Crippen LogP contribution is -2.57. The molecule has 0 radical (unpaired) electrons. The van der Waals surface area contributed by atoms with E-state index in [9.17, 15) is 19.8 Å². The highest BCUT2D eigenvalue weighted by atomic mass is 16.3. The van der Waals surface area contributed by atoms with E-state index in [1.165, 1.54) is 147 Å². The molecule has 0 aliphatic carbocycles. The molecule has 2 unspecified atom stereocenters. The summed E-state index contributed by atoms with van der Waals surface area (Å²) in [6.45, 7) is 6.04. The number of rotatable bonds is 33. The Balaban J connectivity index is 4.09. The number of hydrogen-bond acceptors (Lipinski definition) is 5. The lowest BCUT2D eigenvalue weighted by molar-refractivity contribution is -0.183. The second kappa shape index (κ2) is 29.0. The van der Waals surface area contributed by atoms with Crippen LogP contribution in [0.25, 0.3) is 0 Å². The highest BCUT2D eigenvalue weighted by Crippen LogP contribution is 2.24. The van der Waals surface area contributed by atoms with E-state index in [0.29, 0.717) is 6.42 Å². The van der Waals surface area contributed by atoms with E-state index in [4.69, 9.17) is 0 Å². The summed E-state index contributed by atoms with van der Waals surface area (Å²) in [4.78, 5) is 27.1. The van der Waals surface area contributed by atoms with Crippen molar-refractivity contribution in [1.29, 1.82) is 0 Å². The molecule has 2 atom stereocenters. The van der Waals surface area contributed by atoms with Crippen LogP contribution in [-0.2, 0) is 9.59 Å². The molecule has 0 aromatic carbocycles. The van der Waals surface area contributed by atoms with Crippen LogP contribution in [0.15, 0.2) is 0 Å². The normalized spacial score (nSPS) is 13.9. The Morgan fingerprint density at radius 2 is 0.833 bits per heavy atom. The Morgan fingerprint density at radius 1 is 0.548 bits per heavy atom. The van der Waals surface area contributed by atoms with Crippen LogP contribution in [0.4, 0.5) is 0 Å². The van der Waals surface area contributed by atoms with Gasteiger partial charge in [-0.3, -0.25) is 9.59 Å². The fraction of sp³-hybridized carbons (Fsp3) is 0.946. The van der Waals surface area contributed by atoms with E-state index >= 15 is 0 Å². The van der Waals surface area contributed by atoms with Crippen LogP contribution >= 0.6 is 0 Å². The van der Waals surface area contributed by atoms with E-state index in [1.54, 1.807) is 0 Å². The summed E-state index contributed by atoms with van der Waals surface area (Å²) in [5.74, 6) is -0.431. The predicted octanol–water partition coefficient (Wildman–Crippen LogP) is 10.4. The van der Waals surface area contributed by atoms with Crippen molar-refractivity contribution < 1.29 is 19.8 Å². The fourth-order valence-electron chi connectivity index (χ4n) is 5.94. The maximum Gasteiger partial charge on any atom is 0.186 e. The Labute approximate surface area is 262 Å². The van der Waals surface area contributed by atoms with Gasteiger partial charge in [0.05, 0.1) is 6.42 Å². The van der Waals surface area contributed by atoms with Gasteiger partial charge in [-0.05, 0) is 26.8 Å². The summed E-state index contributed by atoms with van der Waals surface area (Å²) in [5, 5.41) is 21.4. The predicted molar refractivity (Wildman–Crippen MR) is 180 cm³/mol. The third-order valence-electron chi connectivity index (χ3n) is 9.10. The maximum atomic E-state index is 13.1. The van der Waals surface area contributed by atoms with Gasteiger partial charge < -0.3 is 10.2 Å². The smallest absolute Gasteiger partial charge is 0.186 e. The second-order valence-corrected chi connectivity index (χ2v) is 13.2. The molecule has 5 nitrogen and oxygen atoms in total. The summed E-state index contributed by atoms with van der Waals surface area (Å²) in [5.41, 5.74) is -1.92. The summed E-state index contributed by atoms with van der Waals surface area (Å²) < 4.78 is 0. The minimum absolute atomic E-state index is 0.0909. The molecule has 0 amide bonds. The molecule has 0 heterocycles. The van der Waals surface area contributed by atoms with E-state index in [0.717, 1.165) is 38.5 Å². The number of likely N-dealkylation sites (N-methyl/N-ethyl adjacent to an activating group) is 1. The second-order valence-electron chi connectivity index (χ2n) is 13.2. The molecule has 0 aromatic heterocycles. The molecule has 0 aliphatic rings. The number of carbonyl (C=O) groups excluding carboxylic acids is 2. The zero-order chi connectivity index (χ0) is 31.3. The Kier molecular flexibility index (Phi) is 28.4. The van der Waals surface area contributed by atoms with Gasteiger partial charge in [-0.25, -0.2) is 4.90 Å². The topological polar surface area (TPSA) is 77.8 Å². The maximum absolute atomic E-state index is 13.1. The number of Topliss-reactive ketones (excluding diaryl/α,β-unsaturated/α-hetero) is 2. The van der Waals surface area contributed by atoms with Gasteiger partial charge in [0.2, 0.25) is 0 Å². The number of nitrogens with zero attached hydrogens (tertiary/aromatic N) is 1. The highest BCUT2D eigenvalue weighted by molar-refractivity contribution is 5.92. The molecule has 0 aliphatic heterocycles. The molecule has 0 rings (SSSR count). The van der Waals surface area contributed by atoms with Gasteiger partial charge in [-0.15, -0.1) is 0 Å². The molecule has 0 saturated carbocycles. The minimum Gasteiger partial charge on any atom is -0.379 e. The molecule has 0 aromatic rings. The summed E-state index contributed by atoms with van der Waals surface area (Å²) in [6, 6.07) is 0. The number of unbranched alkanes of at least 4 members (excludes halogenated alkanes) is 24. The van der Waals surface area contributed by atoms with Crippen LogP contribution in [0.1, 0.15) is 207 Å². The van der Waals surface area contributed by atoms with E-state index in [-0.39, 0.29) is 24.4 Å². The van der Waals surface area contributed by atoms with Crippen LogP contribution in [-0.4, -0.2) is 45.7 Å². The van der Waals surface area contributed by atoms with E-state index in [1.807, 2.05) is 0 Å². The quantitative estimate of drug-likeness (QED) is 0.0583. The van der Waals surface area contributed by atoms with Crippen molar-refractivity contribution >= 4 is 11.6 Å². The first kappa shape index (κ1) is 41.2. The van der Waals surface area contributed by atoms with Crippen LogP contribution in [0.5, 0.6) is 0 Å². The first-order valence-electron chi connectivity index (χ1n) is 18.5. The van der Waals surface area contributed by atoms with Gasteiger partial charge in [0.1, 0.15) is 12.0 Å². The first-order chi connectivity index (χ1) is 20.3. The molecule has 42 heavy (non-hydrogen) atoms. The Morgan fingerprint density at radius 3 is 1.14 bits per heavy atom. The van der Waals surface area contributed by atoms with Crippen LogP contribution in [0.3, 0.4) is 0 Å². The molecule has 2 N–H and O–H groups in total. The van der Waals surface area contributed by atoms with Crippen molar-refractivity contribution in [2.45, 2.75) is 219 Å². The average molecular weight is 596 g/mol. The average Bonchev–Trinajstić information content (AvgIpc) is 2.97. The van der Waals surface area contributed by atoms with Crippen LogP contribution in [0.2, 0.25) is 0 Å². The number of carbonyl (C=O) groups is 2. The number of aliphatic hydroxyl groups excluding tert-OH is 1. The zero-order valence-corrected chi connectivity index (χ0v) is 28.7. The first-order valence-corrected chi connectivity index (χ1v) is 18.5. The van der Waals surface area contributed by atoms with Crippen molar-refractivity contribution in [2.24, 2.45) is 0 Å². The summed E-state index contributed by atoms with van der Waals surface area (Å²) in [6.07, 6.45) is 31.7. The molecule has 0 spiro atoms. The van der Waals surface area contributed by atoms with Crippen LogP contribution in [0, 0.1) is 0 Å². The lowest BCUT2D eigenvalue weighted by Gasteiger charge is -2.37. The highest BCUT2D eigenvalue weighted by Gasteiger charge is 2.42. The molecule has 250 valence electrons. The van der Waals surface area contributed by atoms with E-state index in [2.05, 4.69) is 13.8 Å². The summed E-state index contributed by atoms with van der Waals surface area (Å²) in [7, 11) is 1.53. The van der Waals surface area contributed by atoms with Gasteiger partial charge in [0.15, 0.2) is 11.5 Å². The zero-order valence-electron chi connectivity index (χ0n) is 28.7. The van der Waals surface area contributed by atoms with Gasteiger partial charge in [-0.1, -0.05) is 168 Å². The molecule has 0 fully saturated rings. The van der Waals surface area contributed by atoms with Crippen molar-refractivity contribution in [2.75, 3.05) is 7.05 Å². The van der Waals surface area contributed by atoms with Crippen molar-refractivity contribution in [1.82, 2.24) is 4.90 Å². The van der Waals surface area contributed by atoms with Gasteiger partial charge in [0.25, 0.3) is 0 Å². The van der Waals surface area contributed by atoms with Crippen molar-refractivity contribution in [3.8, 4) is 0 Å².